The van der Waals surface area contributed by atoms with Gasteiger partial charge in [-0.05, 0) is 56.7 Å². The maximum atomic E-state index is 14.1. The number of aryl methyl sites for hydroxylation is 2. The molecule has 10 heteroatoms. The lowest BCUT2D eigenvalue weighted by Crippen LogP contribution is -2.44. The van der Waals surface area contributed by atoms with Crippen LogP contribution in [0.25, 0.3) is 0 Å². The van der Waals surface area contributed by atoms with Gasteiger partial charge in [-0.25, -0.2) is 22.2 Å². The second kappa shape index (κ2) is 9.36. The van der Waals surface area contributed by atoms with Crippen molar-refractivity contribution >= 4 is 32.4 Å². The Balaban J connectivity index is 1.47. The fourth-order valence-corrected chi connectivity index (χ4v) is 6.93. The Kier molecular flexibility index (Phi) is 6.73. The molecule has 0 spiro atoms. The zero-order chi connectivity index (χ0) is 22.9. The fraction of sp³-hybridized carbons (Fsp3) is 0.455. The Morgan fingerprint density at radius 1 is 1.25 bits per heavy atom. The Bertz CT molecular complexity index is 1100. The van der Waals surface area contributed by atoms with Crippen LogP contribution in [-0.2, 0) is 27.7 Å². The quantitative estimate of drug-likeness (QED) is 0.587. The fourth-order valence-electron chi connectivity index (χ4n) is 4.22. The van der Waals surface area contributed by atoms with Crippen LogP contribution in [-0.4, -0.2) is 43.2 Å². The molecule has 1 aliphatic heterocycles. The molecular formula is C22H25F2N3O3S2. The zero-order valence-corrected chi connectivity index (χ0v) is 19.2. The molecule has 2 aliphatic rings. The van der Waals surface area contributed by atoms with Gasteiger partial charge >= 0.3 is 0 Å². The SMILES string of the molecule is C=CCN(C(=O)C1CCN(S(=O)(=O)c2cc(F)ccc2F)CC1)c1nc2c(s1)CCCC2. The molecule has 172 valence electrons. The summed E-state index contributed by atoms with van der Waals surface area (Å²) < 4.78 is 54.3. The Morgan fingerprint density at radius 3 is 2.66 bits per heavy atom. The van der Waals surface area contributed by atoms with Crippen molar-refractivity contribution in [2.75, 3.05) is 24.5 Å². The molecular weight excluding hydrogens is 456 g/mol. The second-order valence-corrected chi connectivity index (χ2v) is 11.0. The van der Waals surface area contributed by atoms with Gasteiger partial charge in [-0.15, -0.1) is 17.9 Å². The van der Waals surface area contributed by atoms with Gasteiger partial charge in [-0.2, -0.15) is 4.31 Å². The van der Waals surface area contributed by atoms with Gasteiger partial charge in [0, 0.05) is 30.4 Å². The number of fused-ring (bicyclic) bond motifs is 1. The van der Waals surface area contributed by atoms with Crippen LogP contribution in [0.1, 0.15) is 36.3 Å². The van der Waals surface area contributed by atoms with E-state index in [-0.39, 0.29) is 24.9 Å². The van der Waals surface area contributed by atoms with E-state index in [1.807, 2.05) is 0 Å². The lowest BCUT2D eigenvalue weighted by Gasteiger charge is -2.32. The molecule has 0 unspecified atom stereocenters. The molecule has 1 saturated heterocycles. The number of benzene rings is 1. The lowest BCUT2D eigenvalue weighted by molar-refractivity contribution is -0.123. The van der Waals surface area contributed by atoms with Crippen molar-refractivity contribution in [3.8, 4) is 0 Å². The Hall–Kier alpha value is -2.17. The van der Waals surface area contributed by atoms with Crippen molar-refractivity contribution in [2.24, 2.45) is 5.92 Å². The molecule has 2 aromatic rings. The first-order valence-electron chi connectivity index (χ1n) is 10.7. The molecule has 0 atom stereocenters. The maximum Gasteiger partial charge on any atom is 0.246 e. The Labute approximate surface area is 190 Å². The van der Waals surface area contributed by atoms with Gasteiger partial charge in [-0.3, -0.25) is 9.69 Å². The summed E-state index contributed by atoms with van der Waals surface area (Å²) in [5.41, 5.74) is 1.07. The van der Waals surface area contributed by atoms with Crippen LogP contribution in [0.3, 0.4) is 0 Å². The number of piperidine rings is 1. The average molecular weight is 482 g/mol. The number of carbonyl (C=O) groups is 1. The van der Waals surface area contributed by atoms with E-state index in [2.05, 4.69) is 11.6 Å². The molecule has 1 aliphatic carbocycles. The smallest absolute Gasteiger partial charge is 0.246 e. The third-order valence-corrected chi connectivity index (χ3v) is 9.05. The highest BCUT2D eigenvalue weighted by Crippen LogP contribution is 2.34. The summed E-state index contributed by atoms with van der Waals surface area (Å²) in [5.74, 6) is -2.29. The highest BCUT2D eigenvalue weighted by Gasteiger charge is 2.36. The van der Waals surface area contributed by atoms with Gasteiger partial charge in [0.1, 0.15) is 16.5 Å². The average Bonchev–Trinajstić information content (AvgIpc) is 3.22. The molecule has 0 N–H and O–H groups in total. The molecule has 1 fully saturated rings. The topological polar surface area (TPSA) is 70.6 Å². The Morgan fingerprint density at radius 2 is 1.97 bits per heavy atom. The first-order valence-corrected chi connectivity index (χ1v) is 12.9. The monoisotopic (exact) mass is 481 g/mol. The van der Waals surface area contributed by atoms with Gasteiger partial charge in [0.05, 0.1) is 5.69 Å². The normalized spacial score (nSPS) is 17.7. The number of amides is 1. The molecule has 1 aromatic heterocycles. The number of sulfonamides is 1. The first-order chi connectivity index (χ1) is 15.3. The molecule has 6 nitrogen and oxygen atoms in total. The third kappa shape index (κ3) is 4.49. The van der Waals surface area contributed by atoms with Crippen molar-refractivity contribution in [1.29, 1.82) is 0 Å². The summed E-state index contributed by atoms with van der Waals surface area (Å²) in [6.45, 7) is 4.21. The van der Waals surface area contributed by atoms with E-state index in [9.17, 15) is 22.0 Å². The van der Waals surface area contributed by atoms with Gasteiger partial charge < -0.3 is 0 Å². The highest BCUT2D eigenvalue weighted by atomic mass is 32.2. The standard InChI is InChI=1S/C22H25F2N3O3S2/c1-2-11-27(22-25-18-5-3-4-6-19(18)31-22)21(28)15-9-12-26(13-10-15)32(29,30)20-14-16(23)7-8-17(20)24/h2,7-8,14-15H,1,3-6,9-13H2. The summed E-state index contributed by atoms with van der Waals surface area (Å²) in [6, 6.07) is 2.38. The summed E-state index contributed by atoms with van der Waals surface area (Å²) in [4.78, 5) is 20.2. The number of hydrogen-bond donors (Lipinski definition) is 0. The highest BCUT2D eigenvalue weighted by molar-refractivity contribution is 7.89. The number of anilines is 1. The van der Waals surface area contributed by atoms with Crippen LogP contribution >= 0.6 is 11.3 Å². The predicted octanol–water partition coefficient (Wildman–Crippen LogP) is 3.92. The van der Waals surface area contributed by atoms with Gasteiger partial charge in [0.15, 0.2) is 5.13 Å². The number of carbonyl (C=O) groups excluding carboxylic acids is 1. The predicted molar refractivity (Wildman–Crippen MR) is 119 cm³/mol. The van der Waals surface area contributed by atoms with E-state index in [0.29, 0.717) is 30.6 Å². The van der Waals surface area contributed by atoms with Gasteiger partial charge in [-0.1, -0.05) is 6.08 Å². The van der Waals surface area contributed by atoms with Gasteiger partial charge in [0.25, 0.3) is 0 Å². The van der Waals surface area contributed by atoms with E-state index < -0.39 is 26.6 Å². The maximum absolute atomic E-state index is 14.1. The van der Waals surface area contributed by atoms with E-state index >= 15 is 0 Å². The van der Waals surface area contributed by atoms with E-state index in [1.165, 1.54) is 4.88 Å². The summed E-state index contributed by atoms with van der Waals surface area (Å²) in [6.07, 6.45) is 6.39. The lowest BCUT2D eigenvalue weighted by atomic mass is 9.96. The second-order valence-electron chi connectivity index (χ2n) is 8.06. The molecule has 1 aromatic carbocycles. The first kappa shape index (κ1) is 23.0. The summed E-state index contributed by atoms with van der Waals surface area (Å²) >= 11 is 1.54. The van der Waals surface area contributed by atoms with Crippen molar-refractivity contribution in [1.82, 2.24) is 9.29 Å². The third-order valence-electron chi connectivity index (χ3n) is 5.96. The van der Waals surface area contributed by atoms with E-state index in [0.717, 1.165) is 47.8 Å². The number of rotatable bonds is 6. The minimum Gasteiger partial charge on any atom is -0.284 e. The van der Waals surface area contributed by atoms with E-state index in [4.69, 9.17) is 0 Å². The number of aromatic nitrogens is 1. The van der Waals surface area contributed by atoms with Crippen LogP contribution < -0.4 is 4.90 Å². The van der Waals surface area contributed by atoms with Crippen LogP contribution in [0, 0.1) is 17.6 Å². The molecule has 0 radical (unpaired) electrons. The van der Waals surface area contributed by atoms with Crippen molar-refractivity contribution < 1.29 is 22.0 Å². The largest absolute Gasteiger partial charge is 0.284 e. The van der Waals surface area contributed by atoms with Crippen LogP contribution in [0.5, 0.6) is 0 Å². The molecule has 1 amide bonds. The molecule has 0 bridgehead atoms. The van der Waals surface area contributed by atoms with Crippen LogP contribution in [0.2, 0.25) is 0 Å². The van der Waals surface area contributed by atoms with Crippen molar-refractivity contribution in [3.05, 3.63) is 53.1 Å². The van der Waals surface area contributed by atoms with Crippen molar-refractivity contribution in [3.63, 3.8) is 0 Å². The summed E-state index contributed by atoms with van der Waals surface area (Å²) in [5, 5.41) is 0.665. The number of hydrogen-bond acceptors (Lipinski definition) is 5. The summed E-state index contributed by atoms with van der Waals surface area (Å²) in [7, 11) is -4.18. The number of nitrogens with zero attached hydrogens (tertiary/aromatic N) is 3. The van der Waals surface area contributed by atoms with Crippen LogP contribution in [0.15, 0.2) is 35.7 Å². The van der Waals surface area contributed by atoms with Crippen LogP contribution in [0.4, 0.5) is 13.9 Å². The molecule has 32 heavy (non-hydrogen) atoms. The molecule has 4 rings (SSSR count). The van der Waals surface area contributed by atoms with E-state index in [1.54, 1.807) is 22.3 Å². The van der Waals surface area contributed by atoms with Gasteiger partial charge in [0.2, 0.25) is 15.9 Å². The minimum absolute atomic E-state index is 0.0605. The van der Waals surface area contributed by atoms with Crippen molar-refractivity contribution in [2.45, 2.75) is 43.4 Å². The molecule has 0 saturated carbocycles. The zero-order valence-electron chi connectivity index (χ0n) is 17.6. The minimum atomic E-state index is -4.18. The number of thiazole rings is 1. The number of halogens is 2. The molecule has 2 heterocycles.